The van der Waals surface area contributed by atoms with E-state index in [1.54, 1.807) is 0 Å². The molecule has 0 aromatic rings. The molecule has 0 radical (unpaired) electrons. The molecule has 0 aromatic carbocycles. The molecule has 0 bridgehead atoms. The van der Waals surface area contributed by atoms with Crippen LogP contribution in [0.15, 0.2) is 36.0 Å². The van der Waals surface area contributed by atoms with Crippen LogP contribution in [0.1, 0.15) is 32.1 Å². The second-order valence-corrected chi connectivity index (χ2v) is 5.89. The molecule has 1 heterocycles. The van der Waals surface area contributed by atoms with Crippen LogP contribution in [0.3, 0.4) is 0 Å². The summed E-state index contributed by atoms with van der Waals surface area (Å²) in [5, 5.41) is 0. The van der Waals surface area contributed by atoms with E-state index in [1.807, 2.05) is 0 Å². The first-order chi connectivity index (χ1) is 8.33. The lowest BCUT2D eigenvalue weighted by molar-refractivity contribution is 0.338. The zero-order valence-corrected chi connectivity index (χ0v) is 10.7. The molecule has 1 aliphatic heterocycles. The van der Waals surface area contributed by atoms with Crippen LogP contribution < -0.4 is 0 Å². The molecule has 0 spiro atoms. The van der Waals surface area contributed by atoms with E-state index >= 15 is 0 Å². The van der Waals surface area contributed by atoms with E-state index in [4.69, 9.17) is 0 Å². The Morgan fingerprint density at radius 1 is 1.24 bits per heavy atom. The predicted molar refractivity (Wildman–Crippen MR) is 72.9 cm³/mol. The third kappa shape index (κ3) is 2.40. The quantitative estimate of drug-likeness (QED) is 0.715. The summed E-state index contributed by atoms with van der Waals surface area (Å²) in [5.41, 5.74) is 2.70. The van der Waals surface area contributed by atoms with Gasteiger partial charge >= 0.3 is 0 Å². The lowest BCUT2D eigenvalue weighted by Crippen LogP contribution is -2.24. The van der Waals surface area contributed by atoms with Gasteiger partial charge in [-0.2, -0.15) is 0 Å². The number of nitrogens with zero attached hydrogens (tertiary/aromatic N) is 1. The van der Waals surface area contributed by atoms with Crippen molar-refractivity contribution < 1.29 is 0 Å². The molecule has 0 aromatic heterocycles. The van der Waals surface area contributed by atoms with Crippen molar-refractivity contribution in [3.05, 3.63) is 36.0 Å². The standard InChI is InChI=1S/C16H23N/c1-13(14-6-3-2-4-7-14)10-17-11-15-8-5-9-16(15)12-17/h3,6-7,15-16H,1-2,4-5,8-12H2. The summed E-state index contributed by atoms with van der Waals surface area (Å²) in [6, 6.07) is 0. The first-order valence-corrected chi connectivity index (χ1v) is 7.10. The summed E-state index contributed by atoms with van der Waals surface area (Å²) in [6.07, 6.45) is 13.7. The Hall–Kier alpha value is -0.820. The molecule has 3 aliphatic rings. The molecule has 0 amide bonds. The summed E-state index contributed by atoms with van der Waals surface area (Å²) < 4.78 is 0. The Labute approximate surface area is 105 Å². The van der Waals surface area contributed by atoms with Gasteiger partial charge in [-0.1, -0.05) is 31.2 Å². The molecule has 1 saturated carbocycles. The smallest absolute Gasteiger partial charge is 0.0233 e. The van der Waals surface area contributed by atoms with E-state index in [-0.39, 0.29) is 0 Å². The van der Waals surface area contributed by atoms with Gasteiger partial charge in [-0.05, 0) is 48.7 Å². The second-order valence-electron chi connectivity index (χ2n) is 5.89. The highest BCUT2D eigenvalue weighted by atomic mass is 15.2. The largest absolute Gasteiger partial charge is 0.299 e. The van der Waals surface area contributed by atoms with Crippen molar-refractivity contribution in [2.24, 2.45) is 11.8 Å². The third-order valence-electron chi connectivity index (χ3n) is 4.62. The van der Waals surface area contributed by atoms with Crippen LogP contribution in [-0.4, -0.2) is 24.5 Å². The Morgan fingerprint density at radius 2 is 2.00 bits per heavy atom. The van der Waals surface area contributed by atoms with Gasteiger partial charge in [-0.25, -0.2) is 0 Å². The normalized spacial score (nSPS) is 32.6. The van der Waals surface area contributed by atoms with E-state index < -0.39 is 0 Å². The molecule has 0 N–H and O–H groups in total. The highest BCUT2D eigenvalue weighted by molar-refractivity contribution is 5.40. The van der Waals surface area contributed by atoms with Gasteiger partial charge in [0.1, 0.15) is 0 Å². The van der Waals surface area contributed by atoms with Crippen LogP contribution in [0.4, 0.5) is 0 Å². The Balaban J connectivity index is 1.55. The lowest BCUT2D eigenvalue weighted by atomic mass is 10.0. The van der Waals surface area contributed by atoms with Gasteiger partial charge in [0.2, 0.25) is 0 Å². The van der Waals surface area contributed by atoms with E-state index in [0.29, 0.717) is 0 Å². The Bertz CT molecular complexity index is 352. The SMILES string of the molecule is C=C(CN1CC2CCCC2C1)C1=CCCC=C1. The van der Waals surface area contributed by atoms with Gasteiger partial charge in [0.05, 0.1) is 0 Å². The number of hydrogen-bond acceptors (Lipinski definition) is 1. The average Bonchev–Trinajstić information content (AvgIpc) is 2.90. The fourth-order valence-corrected chi connectivity index (χ4v) is 3.70. The maximum atomic E-state index is 4.27. The summed E-state index contributed by atoms with van der Waals surface area (Å²) in [7, 11) is 0. The average molecular weight is 229 g/mol. The van der Waals surface area contributed by atoms with Crippen molar-refractivity contribution >= 4 is 0 Å². The molecular weight excluding hydrogens is 206 g/mol. The van der Waals surface area contributed by atoms with Gasteiger partial charge in [0, 0.05) is 19.6 Å². The van der Waals surface area contributed by atoms with Gasteiger partial charge in [0.25, 0.3) is 0 Å². The van der Waals surface area contributed by atoms with E-state index in [9.17, 15) is 0 Å². The van der Waals surface area contributed by atoms with Crippen LogP contribution in [0.2, 0.25) is 0 Å². The molecule has 2 fully saturated rings. The van der Waals surface area contributed by atoms with E-state index in [0.717, 1.165) is 18.4 Å². The predicted octanol–water partition coefficient (Wildman–Crippen LogP) is 3.55. The number of allylic oxidation sites excluding steroid dienone is 3. The third-order valence-corrected chi connectivity index (χ3v) is 4.62. The highest BCUT2D eigenvalue weighted by Gasteiger charge is 2.35. The molecule has 17 heavy (non-hydrogen) atoms. The number of rotatable bonds is 3. The monoisotopic (exact) mass is 229 g/mol. The minimum Gasteiger partial charge on any atom is -0.299 e. The summed E-state index contributed by atoms with van der Waals surface area (Å²) >= 11 is 0. The van der Waals surface area contributed by atoms with Crippen molar-refractivity contribution in [2.75, 3.05) is 19.6 Å². The van der Waals surface area contributed by atoms with Gasteiger partial charge in [-0.3, -0.25) is 4.90 Å². The number of likely N-dealkylation sites (tertiary alicyclic amines) is 1. The molecule has 2 atom stereocenters. The topological polar surface area (TPSA) is 3.24 Å². The molecule has 92 valence electrons. The minimum atomic E-state index is 0.999. The van der Waals surface area contributed by atoms with Crippen molar-refractivity contribution in [1.29, 1.82) is 0 Å². The highest BCUT2D eigenvalue weighted by Crippen LogP contribution is 2.38. The summed E-state index contributed by atoms with van der Waals surface area (Å²) in [5.74, 6) is 2.00. The maximum absolute atomic E-state index is 4.27. The fourth-order valence-electron chi connectivity index (χ4n) is 3.70. The molecule has 3 rings (SSSR count). The number of fused-ring (bicyclic) bond motifs is 1. The second kappa shape index (κ2) is 4.81. The zero-order valence-electron chi connectivity index (χ0n) is 10.7. The van der Waals surface area contributed by atoms with Crippen LogP contribution in [-0.2, 0) is 0 Å². The zero-order chi connectivity index (χ0) is 11.7. The summed E-state index contributed by atoms with van der Waals surface area (Å²) in [6.45, 7) is 8.00. The summed E-state index contributed by atoms with van der Waals surface area (Å²) in [4.78, 5) is 2.63. The van der Waals surface area contributed by atoms with Crippen molar-refractivity contribution in [3.8, 4) is 0 Å². The fraction of sp³-hybridized carbons (Fsp3) is 0.625. The van der Waals surface area contributed by atoms with Crippen molar-refractivity contribution in [3.63, 3.8) is 0 Å². The molecule has 2 unspecified atom stereocenters. The van der Waals surface area contributed by atoms with Gasteiger partial charge in [-0.15, -0.1) is 0 Å². The Morgan fingerprint density at radius 3 is 2.65 bits per heavy atom. The minimum absolute atomic E-state index is 0.999. The molecule has 2 aliphatic carbocycles. The van der Waals surface area contributed by atoms with Crippen LogP contribution in [0.5, 0.6) is 0 Å². The van der Waals surface area contributed by atoms with Crippen molar-refractivity contribution in [1.82, 2.24) is 4.90 Å². The first-order valence-electron chi connectivity index (χ1n) is 7.10. The van der Waals surface area contributed by atoms with E-state index in [1.165, 1.54) is 56.3 Å². The van der Waals surface area contributed by atoms with Gasteiger partial charge < -0.3 is 0 Å². The molecular formula is C16H23N. The Kier molecular flexibility index (Phi) is 3.19. The van der Waals surface area contributed by atoms with Crippen molar-refractivity contribution in [2.45, 2.75) is 32.1 Å². The first kappa shape index (κ1) is 11.3. The molecule has 1 saturated heterocycles. The van der Waals surface area contributed by atoms with Gasteiger partial charge in [0.15, 0.2) is 0 Å². The lowest BCUT2D eigenvalue weighted by Gasteiger charge is -2.19. The van der Waals surface area contributed by atoms with Crippen LogP contribution in [0, 0.1) is 11.8 Å². The van der Waals surface area contributed by atoms with E-state index in [2.05, 4.69) is 29.7 Å². The van der Waals surface area contributed by atoms with Crippen LogP contribution in [0.25, 0.3) is 0 Å². The van der Waals surface area contributed by atoms with Crippen LogP contribution >= 0.6 is 0 Å². The number of hydrogen-bond donors (Lipinski definition) is 0. The maximum Gasteiger partial charge on any atom is 0.0233 e. The molecule has 1 heteroatoms. The molecule has 1 nitrogen and oxygen atoms in total.